The highest BCUT2D eigenvalue weighted by molar-refractivity contribution is 7.99. The van der Waals surface area contributed by atoms with E-state index in [0.29, 0.717) is 23.1 Å². The first-order chi connectivity index (χ1) is 12.1. The molecule has 3 rings (SSSR count). The summed E-state index contributed by atoms with van der Waals surface area (Å²) in [5, 5.41) is 18.7. The fraction of sp³-hybridized carbons (Fsp3) is 0.167. The van der Waals surface area contributed by atoms with E-state index < -0.39 is 5.97 Å². The molecule has 7 heteroatoms. The van der Waals surface area contributed by atoms with Crippen molar-refractivity contribution >= 4 is 29.3 Å². The van der Waals surface area contributed by atoms with Crippen LogP contribution in [0.1, 0.15) is 17.0 Å². The van der Waals surface area contributed by atoms with Crippen LogP contribution in [0.3, 0.4) is 0 Å². The lowest BCUT2D eigenvalue weighted by Crippen LogP contribution is -2.08. The Balaban J connectivity index is 1.88. The Bertz CT molecular complexity index is 851. The Morgan fingerprint density at radius 1 is 1.04 bits per heavy atom. The number of hydrogen-bond acceptors (Lipinski definition) is 4. The second-order valence-corrected chi connectivity index (χ2v) is 6.84. The van der Waals surface area contributed by atoms with Crippen LogP contribution in [-0.2, 0) is 17.8 Å². The summed E-state index contributed by atoms with van der Waals surface area (Å²) in [7, 11) is 0. The van der Waals surface area contributed by atoms with Crippen LogP contribution in [0.5, 0.6) is 0 Å². The standard InChI is InChI=1S/C18H16ClN3O2S/c19-15-8-6-14(7-9-15)11-22-16(10-13-4-2-1-3-5-13)20-21-18(22)25-12-17(23)24/h1-9H,10-12H2,(H,23,24). The van der Waals surface area contributed by atoms with Crippen LogP contribution in [0.25, 0.3) is 0 Å². The van der Waals surface area contributed by atoms with Gasteiger partial charge in [0, 0.05) is 11.4 Å². The first-order valence-electron chi connectivity index (χ1n) is 7.67. The van der Waals surface area contributed by atoms with E-state index in [1.165, 1.54) is 11.8 Å². The molecule has 2 aromatic carbocycles. The highest BCUT2D eigenvalue weighted by Crippen LogP contribution is 2.21. The topological polar surface area (TPSA) is 68.0 Å². The van der Waals surface area contributed by atoms with Gasteiger partial charge in [0.1, 0.15) is 5.82 Å². The minimum absolute atomic E-state index is 0.0515. The van der Waals surface area contributed by atoms with Gasteiger partial charge < -0.3 is 9.67 Å². The monoisotopic (exact) mass is 373 g/mol. The second-order valence-electron chi connectivity index (χ2n) is 5.46. The third kappa shape index (κ3) is 4.84. The van der Waals surface area contributed by atoms with Crippen molar-refractivity contribution in [3.05, 3.63) is 76.6 Å². The average molecular weight is 374 g/mol. The molecule has 0 aliphatic carbocycles. The quantitative estimate of drug-likeness (QED) is 0.639. The summed E-state index contributed by atoms with van der Waals surface area (Å²) in [6, 6.07) is 17.6. The van der Waals surface area contributed by atoms with Gasteiger partial charge in [0.25, 0.3) is 0 Å². The molecule has 5 nitrogen and oxygen atoms in total. The van der Waals surface area contributed by atoms with Crippen molar-refractivity contribution in [1.82, 2.24) is 14.8 Å². The Morgan fingerprint density at radius 2 is 1.76 bits per heavy atom. The first kappa shape index (κ1) is 17.5. The van der Waals surface area contributed by atoms with Crippen molar-refractivity contribution in [2.24, 2.45) is 0 Å². The first-order valence-corrected chi connectivity index (χ1v) is 9.03. The zero-order valence-electron chi connectivity index (χ0n) is 13.3. The average Bonchev–Trinajstić information content (AvgIpc) is 2.97. The molecule has 0 bridgehead atoms. The second kappa shape index (κ2) is 8.18. The van der Waals surface area contributed by atoms with Crippen LogP contribution in [0.15, 0.2) is 59.8 Å². The van der Waals surface area contributed by atoms with E-state index in [-0.39, 0.29) is 5.75 Å². The molecule has 0 spiro atoms. The smallest absolute Gasteiger partial charge is 0.313 e. The van der Waals surface area contributed by atoms with Crippen molar-refractivity contribution < 1.29 is 9.90 Å². The zero-order chi connectivity index (χ0) is 17.6. The molecular weight excluding hydrogens is 358 g/mol. The summed E-state index contributed by atoms with van der Waals surface area (Å²) in [5.74, 6) is -0.130. The maximum Gasteiger partial charge on any atom is 0.313 e. The summed E-state index contributed by atoms with van der Waals surface area (Å²) in [6.07, 6.45) is 0.634. The number of halogens is 1. The highest BCUT2D eigenvalue weighted by Gasteiger charge is 2.15. The largest absolute Gasteiger partial charge is 0.481 e. The van der Waals surface area contributed by atoms with Gasteiger partial charge >= 0.3 is 5.97 Å². The maximum atomic E-state index is 10.9. The number of nitrogens with zero attached hydrogens (tertiary/aromatic N) is 3. The molecule has 0 atom stereocenters. The van der Waals surface area contributed by atoms with Crippen molar-refractivity contribution in [3.63, 3.8) is 0 Å². The molecule has 3 aromatic rings. The molecule has 0 unspecified atom stereocenters. The van der Waals surface area contributed by atoms with Crippen LogP contribution < -0.4 is 0 Å². The Labute approximate surface area is 154 Å². The lowest BCUT2D eigenvalue weighted by atomic mass is 10.1. The maximum absolute atomic E-state index is 10.9. The third-order valence-corrected chi connectivity index (χ3v) is 4.78. The van der Waals surface area contributed by atoms with Crippen LogP contribution in [0, 0.1) is 0 Å². The van der Waals surface area contributed by atoms with Gasteiger partial charge in [-0.3, -0.25) is 4.79 Å². The van der Waals surface area contributed by atoms with Gasteiger partial charge in [-0.15, -0.1) is 10.2 Å². The summed E-state index contributed by atoms with van der Waals surface area (Å²) < 4.78 is 1.96. The molecule has 1 N–H and O–H groups in total. The molecule has 0 saturated heterocycles. The van der Waals surface area contributed by atoms with Crippen molar-refractivity contribution in [2.45, 2.75) is 18.1 Å². The van der Waals surface area contributed by atoms with E-state index in [0.717, 1.165) is 17.0 Å². The highest BCUT2D eigenvalue weighted by atomic mass is 35.5. The summed E-state index contributed by atoms with van der Waals surface area (Å²) >= 11 is 7.12. The number of carboxylic acids is 1. The molecule has 128 valence electrons. The zero-order valence-corrected chi connectivity index (χ0v) is 14.9. The van der Waals surface area contributed by atoms with Gasteiger partial charge in [0.2, 0.25) is 0 Å². The summed E-state index contributed by atoms with van der Waals surface area (Å²) in [4.78, 5) is 10.9. The fourth-order valence-corrected chi connectivity index (χ4v) is 3.20. The lowest BCUT2D eigenvalue weighted by Gasteiger charge is -2.10. The third-order valence-electron chi connectivity index (χ3n) is 3.58. The van der Waals surface area contributed by atoms with Crippen LogP contribution >= 0.6 is 23.4 Å². The normalized spacial score (nSPS) is 10.8. The van der Waals surface area contributed by atoms with Gasteiger partial charge in [-0.05, 0) is 23.3 Å². The van der Waals surface area contributed by atoms with Gasteiger partial charge in [-0.1, -0.05) is 65.8 Å². The molecule has 0 aliphatic rings. The van der Waals surface area contributed by atoms with E-state index in [1.807, 2.05) is 59.2 Å². The van der Waals surface area contributed by atoms with E-state index >= 15 is 0 Å². The molecule has 1 heterocycles. The van der Waals surface area contributed by atoms with Gasteiger partial charge in [0.15, 0.2) is 5.16 Å². The number of carboxylic acid groups (broad SMARTS) is 1. The Morgan fingerprint density at radius 3 is 2.44 bits per heavy atom. The number of hydrogen-bond donors (Lipinski definition) is 1. The molecule has 0 aliphatic heterocycles. The molecule has 0 fully saturated rings. The van der Waals surface area contributed by atoms with E-state index in [1.54, 1.807) is 0 Å². The summed E-state index contributed by atoms with van der Waals surface area (Å²) in [6.45, 7) is 0.564. The van der Waals surface area contributed by atoms with Crippen LogP contribution in [0.4, 0.5) is 0 Å². The van der Waals surface area contributed by atoms with E-state index in [2.05, 4.69) is 10.2 Å². The van der Waals surface area contributed by atoms with Gasteiger partial charge in [0.05, 0.1) is 12.3 Å². The number of carbonyl (C=O) groups is 1. The number of aliphatic carboxylic acids is 1. The van der Waals surface area contributed by atoms with E-state index in [4.69, 9.17) is 16.7 Å². The van der Waals surface area contributed by atoms with Crippen molar-refractivity contribution in [3.8, 4) is 0 Å². The van der Waals surface area contributed by atoms with Gasteiger partial charge in [-0.2, -0.15) is 0 Å². The summed E-state index contributed by atoms with van der Waals surface area (Å²) in [5.41, 5.74) is 2.18. The lowest BCUT2D eigenvalue weighted by molar-refractivity contribution is -0.133. The molecule has 0 radical (unpaired) electrons. The SMILES string of the molecule is O=C(O)CSc1nnc(Cc2ccccc2)n1Cc1ccc(Cl)cc1. The minimum Gasteiger partial charge on any atom is -0.481 e. The molecule has 0 saturated carbocycles. The number of rotatable bonds is 7. The number of thioether (sulfide) groups is 1. The molecule has 1 aromatic heterocycles. The number of aromatic nitrogens is 3. The van der Waals surface area contributed by atoms with Crippen molar-refractivity contribution in [1.29, 1.82) is 0 Å². The number of benzene rings is 2. The van der Waals surface area contributed by atoms with Crippen LogP contribution in [0.2, 0.25) is 5.02 Å². The Hall–Kier alpha value is -2.31. The predicted octanol–water partition coefficient (Wildman–Crippen LogP) is 3.75. The Kier molecular flexibility index (Phi) is 5.73. The fourth-order valence-electron chi connectivity index (χ4n) is 2.39. The van der Waals surface area contributed by atoms with Gasteiger partial charge in [-0.25, -0.2) is 0 Å². The molecular formula is C18H16ClN3O2S. The van der Waals surface area contributed by atoms with E-state index in [9.17, 15) is 4.79 Å². The molecule has 0 amide bonds. The minimum atomic E-state index is -0.879. The van der Waals surface area contributed by atoms with Crippen LogP contribution in [-0.4, -0.2) is 31.6 Å². The van der Waals surface area contributed by atoms with Crippen molar-refractivity contribution in [2.75, 3.05) is 5.75 Å². The molecule has 25 heavy (non-hydrogen) atoms. The predicted molar refractivity (Wildman–Crippen MR) is 98.2 cm³/mol.